The molecule has 1 fully saturated rings. The molecule has 1 aromatic heterocycles. The van der Waals surface area contributed by atoms with Crippen LogP contribution >= 0.6 is 0 Å². The Morgan fingerprint density at radius 1 is 1.27 bits per heavy atom. The molecule has 6 nitrogen and oxygen atoms in total. The average Bonchev–Trinajstić information content (AvgIpc) is 2.91. The number of hydrogen-bond donors (Lipinski definition) is 2. The summed E-state index contributed by atoms with van der Waals surface area (Å²) >= 11 is 0. The number of rotatable bonds is 3. The maximum absolute atomic E-state index is 12.6. The number of fused-ring (bicyclic) bond motifs is 1. The van der Waals surface area contributed by atoms with Gasteiger partial charge < -0.3 is 14.9 Å². The molecular formula is C16H22N2O4. The lowest BCUT2D eigenvalue weighted by atomic mass is 9.73. The van der Waals surface area contributed by atoms with Crippen LogP contribution in [0.1, 0.15) is 67.3 Å². The first-order valence-corrected chi connectivity index (χ1v) is 8.04. The van der Waals surface area contributed by atoms with Crippen molar-refractivity contribution in [2.45, 2.75) is 63.8 Å². The Morgan fingerprint density at radius 3 is 2.82 bits per heavy atom. The minimum Gasteiger partial charge on any atom is -0.481 e. The van der Waals surface area contributed by atoms with Crippen molar-refractivity contribution in [1.82, 2.24) is 10.5 Å². The first-order chi connectivity index (χ1) is 10.5. The zero-order chi connectivity index (χ0) is 15.7. The van der Waals surface area contributed by atoms with Crippen LogP contribution in [-0.2, 0) is 17.6 Å². The van der Waals surface area contributed by atoms with Gasteiger partial charge in [0, 0.05) is 12.0 Å². The highest BCUT2D eigenvalue weighted by molar-refractivity contribution is 5.94. The van der Waals surface area contributed by atoms with Gasteiger partial charge in [0.05, 0.1) is 11.5 Å². The van der Waals surface area contributed by atoms with Crippen LogP contribution < -0.4 is 5.32 Å². The van der Waals surface area contributed by atoms with Gasteiger partial charge >= 0.3 is 5.97 Å². The first-order valence-electron chi connectivity index (χ1n) is 8.04. The smallest absolute Gasteiger partial charge is 0.308 e. The van der Waals surface area contributed by atoms with Gasteiger partial charge in [-0.05, 0) is 39.0 Å². The summed E-state index contributed by atoms with van der Waals surface area (Å²) in [5, 5.41) is 16.3. The molecule has 1 amide bonds. The Kier molecular flexibility index (Phi) is 3.93. The molecule has 0 aromatic carbocycles. The molecule has 2 unspecified atom stereocenters. The summed E-state index contributed by atoms with van der Waals surface area (Å²) < 4.78 is 5.28. The molecule has 2 aliphatic rings. The van der Waals surface area contributed by atoms with Gasteiger partial charge in [0.25, 0.3) is 5.91 Å². The zero-order valence-electron chi connectivity index (χ0n) is 12.9. The van der Waals surface area contributed by atoms with E-state index in [9.17, 15) is 14.7 Å². The van der Waals surface area contributed by atoms with Crippen LogP contribution in [0.25, 0.3) is 0 Å². The highest BCUT2D eigenvalue weighted by Crippen LogP contribution is 2.34. The average molecular weight is 306 g/mol. The van der Waals surface area contributed by atoms with Crippen LogP contribution in [0, 0.1) is 5.92 Å². The van der Waals surface area contributed by atoms with E-state index in [1.807, 2.05) is 6.92 Å². The summed E-state index contributed by atoms with van der Waals surface area (Å²) in [6, 6.07) is 0. The number of aromatic nitrogens is 1. The Hall–Kier alpha value is -1.85. The number of carbonyl (C=O) groups excluding carboxylic acids is 1. The van der Waals surface area contributed by atoms with E-state index < -0.39 is 17.4 Å². The second-order valence-electron chi connectivity index (χ2n) is 6.65. The Bertz CT molecular complexity index is 595. The monoisotopic (exact) mass is 306 g/mol. The molecule has 1 saturated carbocycles. The molecule has 3 rings (SSSR count). The van der Waals surface area contributed by atoms with Crippen molar-refractivity contribution in [2.24, 2.45) is 5.92 Å². The third-order valence-corrected chi connectivity index (χ3v) is 5.07. The first kappa shape index (κ1) is 15.1. The molecule has 2 atom stereocenters. The zero-order valence-corrected chi connectivity index (χ0v) is 12.9. The summed E-state index contributed by atoms with van der Waals surface area (Å²) in [4.78, 5) is 24.1. The lowest BCUT2D eigenvalue weighted by molar-refractivity contribution is -0.145. The van der Waals surface area contributed by atoms with Crippen molar-refractivity contribution >= 4 is 11.9 Å². The van der Waals surface area contributed by atoms with Gasteiger partial charge in [-0.25, -0.2) is 0 Å². The molecular weight excluding hydrogens is 284 g/mol. The van der Waals surface area contributed by atoms with Crippen LogP contribution in [0.4, 0.5) is 0 Å². The minimum absolute atomic E-state index is 0.303. The molecule has 1 heterocycles. The molecule has 0 bridgehead atoms. The minimum atomic E-state index is -0.843. The van der Waals surface area contributed by atoms with E-state index in [4.69, 9.17) is 4.52 Å². The lowest BCUT2D eigenvalue weighted by Crippen LogP contribution is -2.55. The van der Waals surface area contributed by atoms with E-state index in [1.54, 1.807) is 0 Å². The number of hydrogen-bond acceptors (Lipinski definition) is 4. The van der Waals surface area contributed by atoms with Crippen molar-refractivity contribution < 1.29 is 19.2 Å². The molecule has 1 aromatic rings. The molecule has 0 aliphatic heterocycles. The largest absolute Gasteiger partial charge is 0.481 e. The van der Waals surface area contributed by atoms with Gasteiger partial charge in [0.1, 0.15) is 5.76 Å². The summed E-state index contributed by atoms with van der Waals surface area (Å²) in [6.45, 7) is 1.83. The maximum atomic E-state index is 12.6. The molecule has 0 spiro atoms. The maximum Gasteiger partial charge on any atom is 0.308 e. The number of carboxylic acids is 1. The van der Waals surface area contributed by atoms with Crippen molar-refractivity contribution in [1.29, 1.82) is 0 Å². The Morgan fingerprint density at radius 2 is 2.05 bits per heavy atom. The van der Waals surface area contributed by atoms with Crippen molar-refractivity contribution in [2.75, 3.05) is 0 Å². The summed E-state index contributed by atoms with van der Waals surface area (Å²) in [7, 11) is 0. The van der Waals surface area contributed by atoms with E-state index in [-0.39, 0.29) is 5.91 Å². The van der Waals surface area contributed by atoms with Gasteiger partial charge in [-0.1, -0.05) is 18.0 Å². The summed E-state index contributed by atoms with van der Waals surface area (Å²) in [6.07, 6.45) is 6.81. The topological polar surface area (TPSA) is 92.4 Å². The highest BCUT2D eigenvalue weighted by Gasteiger charge is 2.43. The van der Waals surface area contributed by atoms with Gasteiger partial charge in [-0.2, -0.15) is 0 Å². The van der Waals surface area contributed by atoms with Gasteiger partial charge in [0.2, 0.25) is 0 Å². The van der Waals surface area contributed by atoms with Crippen molar-refractivity contribution in [3.8, 4) is 0 Å². The number of nitrogens with one attached hydrogen (secondary N) is 1. The van der Waals surface area contributed by atoms with Gasteiger partial charge in [0.15, 0.2) is 5.69 Å². The van der Waals surface area contributed by atoms with Crippen LogP contribution in [0.15, 0.2) is 4.52 Å². The van der Waals surface area contributed by atoms with Crippen LogP contribution in [-0.4, -0.2) is 27.7 Å². The predicted molar refractivity (Wildman–Crippen MR) is 78.6 cm³/mol. The molecule has 0 saturated heterocycles. The third-order valence-electron chi connectivity index (χ3n) is 5.07. The Balaban J connectivity index is 1.81. The normalized spacial score (nSPS) is 28.0. The quantitative estimate of drug-likeness (QED) is 0.894. The standard InChI is InChI=1S/C16H22N2O4/c1-16(9-5-4-7-11(16)15(20)21)17-14(19)13-10-6-2-3-8-12(10)22-18-13/h11H,2-9H2,1H3,(H,17,19)(H,20,21). The predicted octanol–water partition coefficient (Wildman–Crippen LogP) is 2.32. The Labute approximate surface area is 129 Å². The molecule has 2 N–H and O–H groups in total. The number of aliphatic carboxylic acids is 1. The number of carboxylic acid groups (broad SMARTS) is 1. The van der Waals surface area contributed by atoms with E-state index in [1.165, 1.54) is 0 Å². The fraction of sp³-hybridized carbons (Fsp3) is 0.688. The molecule has 120 valence electrons. The molecule has 0 radical (unpaired) electrons. The van der Waals surface area contributed by atoms with Gasteiger partial charge in [-0.3, -0.25) is 9.59 Å². The number of aryl methyl sites for hydroxylation is 1. The lowest BCUT2D eigenvalue weighted by Gasteiger charge is -2.39. The van der Waals surface area contributed by atoms with Crippen molar-refractivity contribution in [3.63, 3.8) is 0 Å². The van der Waals surface area contributed by atoms with E-state index in [2.05, 4.69) is 10.5 Å². The second kappa shape index (κ2) is 5.74. The summed E-state index contributed by atoms with van der Waals surface area (Å²) in [5.41, 5.74) is 0.516. The van der Waals surface area contributed by atoms with Crippen LogP contribution in [0.2, 0.25) is 0 Å². The molecule has 22 heavy (non-hydrogen) atoms. The molecule has 6 heteroatoms. The van der Waals surface area contributed by atoms with E-state index >= 15 is 0 Å². The summed E-state index contributed by atoms with van der Waals surface area (Å²) in [5.74, 6) is -0.889. The second-order valence-corrected chi connectivity index (χ2v) is 6.65. The van der Waals surface area contributed by atoms with Crippen molar-refractivity contribution in [3.05, 3.63) is 17.0 Å². The van der Waals surface area contributed by atoms with Crippen LogP contribution in [0.5, 0.6) is 0 Å². The molecule has 2 aliphatic carbocycles. The fourth-order valence-corrected chi connectivity index (χ4v) is 3.76. The van der Waals surface area contributed by atoms with Gasteiger partial charge in [-0.15, -0.1) is 0 Å². The number of amides is 1. The SMILES string of the molecule is CC1(NC(=O)c2noc3c2CCCC3)CCCCC1C(=O)O. The third kappa shape index (κ3) is 2.62. The van der Waals surface area contributed by atoms with E-state index in [0.29, 0.717) is 18.5 Å². The van der Waals surface area contributed by atoms with E-state index in [0.717, 1.165) is 49.8 Å². The highest BCUT2D eigenvalue weighted by atomic mass is 16.5. The van der Waals surface area contributed by atoms with Crippen LogP contribution in [0.3, 0.4) is 0 Å². The number of nitrogens with zero attached hydrogens (tertiary/aromatic N) is 1. The fourth-order valence-electron chi connectivity index (χ4n) is 3.76. The number of carbonyl (C=O) groups is 2.